The van der Waals surface area contributed by atoms with E-state index in [2.05, 4.69) is 13.0 Å². The third-order valence-corrected chi connectivity index (χ3v) is 4.15. The van der Waals surface area contributed by atoms with E-state index in [1.165, 1.54) is 30.4 Å². The van der Waals surface area contributed by atoms with E-state index in [9.17, 15) is 0 Å². The van der Waals surface area contributed by atoms with Crippen molar-refractivity contribution in [3.8, 4) is 11.5 Å². The maximum absolute atomic E-state index is 6.01. The number of benzene rings is 1. The van der Waals surface area contributed by atoms with Gasteiger partial charge in [-0.15, -0.1) is 0 Å². The lowest BCUT2D eigenvalue weighted by atomic mass is 9.63. The fourth-order valence-electron chi connectivity index (χ4n) is 3.03. The zero-order chi connectivity index (χ0) is 11.9. The maximum Gasteiger partial charge on any atom is 0.165 e. The Morgan fingerprint density at radius 2 is 2.00 bits per heavy atom. The summed E-state index contributed by atoms with van der Waals surface area (Å²) in [5.41, 5.74) is 8.71. The molecule has 2 N–H and O–H groups in total. The Morgan fingerprint density at radius 1 is 1.24 bits per heavy atom. The minimum Gasteiger partial charge on any atom is -0.486 e. The second kappa shape index (κ2) is 3.91. The predicted molar refractivity (Wildman–Crippen MR) is 66.8 cm³/mol. The zero-order valence-electron chi connectivity index (χ0n) is 10.3. The number of hydrogen-bond acceptors (Lipinski definition) is 3. The zero-order valence-corrected chi connectivity index (χ0v) is 10.3. The summed E-state index contributed by atoms with van der Waals surface area (Å²) in [4.78, 5) is 0. The summed E-state index contributed by atoms with van der Waals surface area (Å²) in [6.07, 6.45) is 3.61. The van der Waals surface area contributed by atoms with E-state index in [0.29, 0.717) is 19.8 Å². The van der Waals surface area contributed by atoms with Crippen LogP contribution >= 0.6 is 0 Å². The molecule has 0 bridgehead atoms. The minimum atomic E-state index is 0.135. The van der Waals surface area contributed by atoms with Crippen molar-refractivity contribution < 1.29 is 9.47 Å². The molecule has 3 heteroatoms. The Bertz CT molecular complexity index is 433. The van der Waals surface area contributed by atoms with Crippen molar-refractivity contribution in [2.24, 2.45) is 5.73 Å². The Morgan fingerprint density at radius 3 is 2.65 bits per heavy atom. The van der Waals surface area contributed by atoms with Crippen LogP contribution < -0.4 is 15.2 Å². The Balaban J connectivity index is 2.14. The lowest BCUT2D eigenvalue weighted by Crippen LogP contribution is -2.42. The molecule has 0 aromatic heterocycles. The van der Waals surface area contributed by atoms with E-state index in [4.69, 9.17) is 15.2 Å². The van der Waals surface area contributed by atoms with Gasteiger partial charge in [-0.3, -0.25) is 0 Å². The lowest BCUT2D eigenvalue weighted by Gasteiger charge is -2.43. The van der Waals surface area contributed by atoms with Crippen molar-refractivity contribution in [3.05, 3.63) is 23.3 Å². The number of hydrogen-bond donors (Lipinski definition) is 1. The van der Waals surface area contributed by atoms with Gasteiger partial charge in [-0.05, 0) is 31.4 Å². The fourth-order valence-corrected chi connectivity index (χ4v) is 3.03. The molecule has 3 rings (SSSR count). The molecule has 3 nitrogen and oxygen atoms in total. The summed E-state index contributed by atoms with van der Waals surface area (Å²) in [5.74, 6) is 1.83. The van der Waals surface area contributed by atoms with Crippen LogP contribution in [0.25, 0.3) is 0 Å². The first-order valence-electron chi connectivity index (χ1n) is 6.37. The molecule has 92 valence electrons. The number of ether oxygens (including phenoxy) is 2. The van der Waals surface area contributed by atoms with E-state index >= 15 is 0 Å². The highest BCUT2D eigenvalue weighted by molar-refractivity contribution is 5.55. The quantitative estimate of drug-likeness (QED) is 0.851. The summed E-state index contributed by atoms with van der Waals surface area (Å²) in [5, 5.41) is 0. The fraction of sp³-hybridized carbons (Fsp3) is 0.571. The number of rotatable bonds is 2. The normalized spacial score (nSPS) is 20.8. The molecule has 1 heterocycles. The van der Waals surface area contributed by atoms with Gasteiger partial charge in [0.1, 0.15) is 13.2 Å². The van der Waals surface area contributed by atoms with Gasteiger partial charge in [0.25, 0.3) is 0 Å². The monoisotopic (exact) mass is 233 g/mol. The smallest absolute Gasteiger partial charge is 0.165 e. The number of aryl methyl sites for hydroxylation is 1. The van der Waals surface area contributed by atoms with E-state index in [-0.39, 0.29) is 5.41 Å². The van der Waals surface area contributed by atoms with Crippen LogP contribution in [-0.4, -0.2) is 19.8 Å². The molecule has 0 unspecified atom stereocenters. The van der Waals surface area contributed by atoms with Gasteiger partial charge in [0, 0.05) is 17.5 Å². The van der Waals surface area contributed by atoms with Gasteiger partial charge in [-0.1, -0.05) is 12.5 Å². The Kier molecular flexibility index (Phi) is 2.51. The molecule has 1 aromatic rings. The molecular formula is C14H19NO2. The van der Waals surface area contributed by atoms with Crippen molar-refractivity contribution in [2.75, 3.05) is 19.8 Å². The molecular weight excluding hydrogens is 214 g/mol. The van der Waals surface area contributed by atoms with Crippen LogP contribution in [0.5, 0.6) is 11.5 Å². The third-order valence-electron chi connectivity index (χ3n) is 4.15. The average molecular weight is 233 g/mol. The molecule has 1 fully saturated rings. The maximum atomic E-state index is 6.01. The highest BCUT2D eigenvalue weighted by Gasteiger charge is 2.41. The first-order valence-corrected chi connectivity index (χ1v) is 6.37. The average Bonchev–Trinajstić information content (AvgIpc) is 2.31. The van der Waals surface area contributed by atoms with Crippen LogP contribution in [0.3, 0.4) is 0 Å². The number of nitrogens with two attached hydrogens (primary N) is 1. The van der Waals surface area contributed by atoms with Crippen LogP contribution in [0.15, 0.2) is 12.1 Å². The molecule has 1 aliphatic carbocycles. The van der Waals surface area contributed by atoms with Crippen LogP contribution in [0.1, 0.15) is 30.4 Å². The topological polar surface area (TPSA) is 44.5 Å². The largest absolute Gasteiger partial charge is 0.486 e. The first-order chi connectivity index (χ1) is 8.27. The van der Waals surface area contributed by atoms with Gasteiger partial charge in [-0.2, -0.15) is 0 Å². The molecule has 1 saturated carbocycles. The van der Waals surface area contributed by atoms with Crippen LogP contribution in [0, 0.1) is 6.92 Å². The van der Waals surface area contributed by atoms with Crippen molar-refractivity contribution in [1.82, 2.24) is 0 Å². The van der Waals surface area contributed by atoms with Gasteiger partial charge < -0.3 is 15.2 Å². The van der Waals surface area contributed by atoms with E-state index in [1.54, 1.807) is 0 Å². The van der Waals surface area contributed by atoms with E-state index in [0.717, 1.165) is 11.5 Å². The predicted octanol–water partition coefficient (Wildman–Crippen LogP) is 2.15. The molecule has 0 radical (unpaired) electrons. The van der Waals surface area contributed by atoms with Crippen molar-refractivity contribution in [3.63, 3.8) is 0 Å². The van der Waals surface area contributed by atoms with Gasteiger partial charge in [-0.25, -0.2) is 0 Å². The molecule has 1 aliphatic heterocycles. The van der Waals surface area contributed by atoms with Crippen molar-refractivity contribution >= 4 is 0 Å². The van der Waals surface area contributed by atoms with E-state index < -0.39 is 0 Å². The molecule has 0 saturated heterocycles. The summed E-state index contributed by atoms with van der Waals surface area (Å²) < 4.78 is 11.5. The van der Waals surface area contributed by atoms with Crippen molar-refractivity contribution in [1.29, 1.82) is 0 Å². The third kappa shape index (κ3) is 1.53. The standard InChI is InChI=1S/C14H19NO2/c1-10-3-4-11-13(17-8-7-16-11)12(10)14(9-15)5-2-6-14/h3-4H,2,5-9,15H2,1H3. The second-order valence-corrected chi connectivity index (χ2v) is 5.12. The van der Waals surface area contributed by atoms with Gasteiger partial charge in [0.15, 0.2) is 11.5 Å². The molecule has 0 atom stereocenters. The molecule has 0 amide bonds. The first kappa shape index (κ1) is 10.9. The van der Waals surface area contributed by atoms with Crippen LogP contribution in [-0.2, 0) is 5.41 Å². The highest BCUT2D eigenvalue weighted by Crippen LogP contribution is 2.50. The highest BCUT2D eigenvalue weighted by atomic mass is 16.6. The second-order valence-electron chi connectivity index (χ2n) is 5.12. The van der Waals surface area contributed by atoms with E-state index in [1.807, 2.05) is 6.07 Å². The van der Waals surface area contributed by atoms with Gasteiger partial charge in [0.05, 0.1) is 0 Å². The lowest BCUT2D eigenvalue weighted by molar-refractivity contribution is 0.159. The van der Waals surface area contributed by atoms with Crippen LogP contribution in [0.2, 0.25) is 0 Å². The summed E-state index contributed by atoms with van der Waals surface area (Å²) in [6.45, 7) is 4.13. The molecule has 1 aromatic carbocycles. The van der Waals surface area contributed by atoms with Gasteiger partial charge in [0.2, 0.25) is 0 Å². The Hall–Kier alpha value is -1.22. The molecule has 17 heavy (non-hydrogen) atoms. The number of fused-ring (bicyclic) bond motifs is 1. The SMILES string of the molecule is Cc1ccc2c(c1C1(CN)CCC1)OCCO2. The summed E-state index contributed by atoms with van der Waals surface area (Å²) in [6, 6.07) is 4.13. The van der Waals surface area contributed by atoms with Gasteiger partial charge >= 0.3 is 0 Å². The summed E-state index contributed by atoms with van der Waals surface area (Å²) >= 11 is 0. The summed E-state index contributed by atoms with van der Waals surface area (Å²) in [7, 11) is 0. The Labute approximate surface area is 102 Å². The molecule has 0 spiro atoms. The van der Waals surface area contributed by atoms with Crippen molar-refractivity contribution in [2.45, 2.75) is 31.6 Å². The molecule has 2 aliphatic rings. The minimum absolute atomic E-state index is 0.135. The van der Waals surface area contributed by atoms with Crippen LogP contribution in [0.4, 0.5) is 0 Å².